The molecule has 0 saturated heterocycles. The molecule has 2 N–H and O–H groups in total. The van der Waals surface area contributed by atoms with E-state index in [4.69, 9.17) is 18.9 Å². The van der Waals surface area contributed by atoms with E-state index in [9.17, 15) is 19.8 Å². The molecule has 3 atom stereocenters. The van der Waals surface area contributed by atoms with Gasteiger partial charge in [0, 0.05) is 11.1 Å². The fraction of sp³-hybridized carbons (Fsp3) is 0.385. The third-order valence-corrected chi connectivity index (χ3v) is 6.92. The van der Waals surface area contributed by atoms with Crippen molar-refractivity contribution in [3.05, 3.63) is 59.2 Å². The van der Waals surface area contributed by atoms with Gasteiger partial charge in [0.1, 0.15) is 5.75 Å². The Bertz CT molecular complexity index is 1150. The maximum atomic E-state index is 13.2. The first kappa shape index (κ1) is 22.3. The van der Waals surface area contributed by atoms with E-state index in [-0.39, 0.29) is 18.3 Å². The molecule has 1 aliphatic carbocycles. The van der Waals surface area contributed by atoms with Crippen LogP contribution in [0, 0.1) is 11.8 Å². The van der Waals surface area contributed by atoms with Crippen LogP contribution in [0.4, 0.5) is 0 Å². The molecule has 3 unspecified atom stereocenters. The van der Waals surface area contributed by atoms with Crippen molar-refractivity contribution in [3.63, 3.8) is 0 Å². The fourth-order valence-electron chi connectivity index (χ4n) is 5.16. The summed E-state index contributed by atoms with van der Waals surface area (Å²) in [6.45, 7) is 0.101. The van der Waals surface area contributed by atoms with Gasteiger partial charge in [0.2, 0.25) is 6.79 Å². The minimum atomic E-state index is -1.97. The van der Waals surface area contributed by atoms with Gasteiger partial charge in [-0.2, -0.15) is 0 Å². The zero-order valence-electron chi connectivity index (χ0n) is 18.8. The normalized spacial score (nSPS) is 25.9. The first-order valence-corrected chi connectivity index (χ1v) is 11.4. The number of esters is 1. The molecule has 2 heterocycles. The van der Waals surface area contributed by atoms with Gasteiger partial charge in [0.15, 0.2) is 11.5 Å². The van der Waals surface area contributed by atoms with Crippen LogP contribution in [0.1, 0.15) is 43.2 Å². The fourth-order valence-corrected chi connectivity index (χ4v) is 5.16. The third-order valence-electron chi connectivity index (χ3n) is 6.92. The van der Waals surface area contributed by atoms with E-state index in [0.29, 0.717) is 53.2 Å². The summed E-state index contributed by atoms with van der Waals surface area (Å²) in [5, 5.41) is 21.3. The molecular weight excluding hydrogens is 440 g/mol. The summed E-state index contributed by atoms with van der Waals surface area (Å²) >= 11 is 0. The zero-order chi connectivity index (χ0) is 23.9. The molecule has 0 bridgehead atoms. The van der Waals surface area contributed by atoms with Crippen molar-refractivity contribution >= 4 is 17.5 Å². The Labute approximate surface area is 196 Å². The van der Waals surface area contributed by atoms with E-state index in [2.05, 4.69) is 0 Å². The number of hydrogen-bond donors (Lipinski definition) is 2. The van der Waals surface area contributed by atoms with E-state index in [1.807, 2.05) is 0 Å². The van der Waals surface area contributed by atoms with Crippen molar-refractivity contribution in [2.45, 2.75) is 37.9 Å². The molecule has 8 nitrogen and oxygen atoms in total. The van der Waals surface area contributed by atoms with E-state index >= 15 is 0 Å². The number of aliphatic hydroxyl groups is 1. The van der Waals surface area contributed by atoms with Crippen LogP contribution in [0.2, 0.25) is 0 Å². The van der Waals surface area contributed by atoms with Crippen molar-refractivity contribution < 1.29 is 38.7 Å². The van der Waals surface area contributed by atoms with Crippen molar-refractivity contribution in [3.8, 4) is 17.2 Å². The van der Waals surface area contributed by atoms with Crippen LogP contribution >= 0.6 is 0 Å². The molecular formula is C26H26O8. The molecule has 0 aromatic heterocycles. The Kier molecular flexibility index (Phi) is 5.69. The highest BCUT2D eigenvalue weighted by molar-refractivity contribution is 6.20. The maximum absolute atomic E-state index is 13.2. The Morgan fingerprint density at radius 2 is 1.88 bits per heavy atom. The number of carbonyl (C=O) groups excluding carboxylic acids is 1. The molecule has 2 aliphatic heterocycles. The second-order valence-electron chi connectivity index (χ2n) is 8.96. The van der Waals surface area contributed by atoms with Gasteiger partial charge in [-0.05, 0) is 67.1 Å². The summed E-state index contributed by atoms with van der Waals surface area (Å²) in [4.78, 5) is 24.8. The first-order valence-electron chi connectivity index (χ1n) is 11.4. The van der Waals surface area contributed by atoms with Gasteiger partial charge in [0.05, 0.1) is 18.6 Å². The molecule has 0 radical (unpaired) electrons. The van der Waals surface area contributed by atoms with E-state index in [0.717, 1.165) is 12.8 Å². The number of rotatable bonds is 6. The Hall–Kier alpha value is -3.52. The highest BCUT2D eigenvalue weighted by Crippen LogP contribution is 2.49. The van der Waals surface area contributed by atoms with Crippen molar-refractivity contribution in [2.75, 3.05) is 13.9 Å². The number of ether oxygens (including phenoxy) is 4. The lowest BCUT2D eigenvalue weighted by Crippen LogP contribution is -2.31. The highest BCUT2D eigenvalue weighted by atomic mass is 16.7. The van der Waals surface area contributed by atoms with Crippen LogP contribution in [0.3, 0.4) is 0 Å². The van der Waals surface area contributed by atoms with Gasteiger partial charge in [-0.15, -0.1) is 0 Å². The van der Waals surface area contributed by atoms with Crippen LogP contribution < -0.4 is 14.2 Å². The quantitative estimate of drug-likeness (QED) is 0.618. The highest BCUT2D eigenvalue weighted by Gasteiger charge is 2.49. The maximum Gasteiger partial charge on any atom is 0.341 e. The summed E-state index contributed by atoms with van der Waals surface area (Å²) in [7, 11) is 1.55. The number of carboxylic acids is 1. The lowest BCUT2D eigenvalue weighted by Gasteiger charge is -2.31. The van der Waals surface area contributed by atoms with Gasteiger partial charge in [0.25, 0.3) is 5.79 Å². The lowest BCUT2D eigenvalue weighted by molar-refractivity contribution is -0.185. The Balaban J connectivity index is 1.59. The predicted octanol–water partition coefficient (Wildman–Crippen LogP) is 3.86. The number of methoxy groups -OCH3 is 1. The van der Waals surface area contributed by atoms with E-state index in [1.165, 1.54) is 0 Å². The molecule has 3 aliphatic rings. The summed E-state index contributed by atoms with van der Waals surface area (Å²) in [5.74, 6) is -2.15. The number of aliphatic carboxylic acids is 1. The number of carbonyl (C=O) groups is 2. The molecule has 2 aromatic rings. The van der Waals surface area contributed by atoms with Gasteiger partial charge in [-0.25, -0.2) is 4.79 Å². The second kappa shape index (κ2) is 8.68. The Morgan fingerprint density at radius 1 is 1.12 bits per heavy atom. The van der Waals surface area contributed by atoms with Crippen LogP contribution in [0.5, 0.6) is 17.2 Å². The topological polar surface area (TPSA) is 112 Å². The smallest absolute Gasteiger partial charge is 0.341 e. The average Bonchev–Trinajstić information content (AvgIpc) is 3.41. The lowest BCUT2D eigenvalue weighted by atomic mass is 9.76. The van der Waals surface area contributed by atoms with Crippen molar-refractivity contribution in [1.82, 2.24) is 0 Å². The SMILES string of the molecule is COc1ccc(C2(O)OC(=O)C(c3ccc4c(c3)OCO4)=C2CC2CCCC(C(=O)O)C2)cc1. The molecule has 178 valence electrons. The first-order chi connectivity index (χ1) is 16.4. The van der Waals surface area contributed by atoms with Crippen LogP contribution in [0.25, 0.3) is 5.57 Å². The largest absolute Gasteiger partial charge is 0.497 e. The summed E-state index contributed by atoms with van der Waals surface area (Å²) in [6, 6.07) is 11.9. The standard InChI is InChI=1S/C26H26O8/c1-31-19-8-6-18(7-9-19)26(30)20(12-15-3-2-4-17(11-15)24(27)28)23(25(29)34-26)16-5-10-21-22(13-16)33-14-32-21/h5-10,13,15,17,30H,2-4,11-12,14H2,1H3,(H,27,28). The molecule has 8 heteroatoms. The van der Waals surface area contributed by atoms with Gasteiger partial charge in [-0.3, -0.25) is 4.79 Å². The zero-order valence-corrected chi connectivity index (χ0v) is 18.8. The molecule has 1 saturated carbocycles. The third kappa shape index (κ3) is 3.88. The van der Waals surface area contributed by atoms with Crippen molar-refractivity contribution in [2.24, 2.45) is 11.8 Å². The Morgan fingerprint density at radius 3 is 2.62 bits per heavy atom. The van der Waals surface area contributed by atoms with Crippen LogP contribution in [-0.4, -0.2) is 36.1 Å². The summed E-state index contributed by atoms with van der Waals surface area (Å²) in [6.07, 6.45) is 3.05. The average molecular weight is 466 g/mol. The predicted molar refractivity (Wildman–Crippen MR) is 120 cm³/mol. The van der Waals surface area contributed by atoms with E-state index < -0.39 is 23.6 Å². The molecule has 1 fully saturated rings. The number of carboxylic acid groups (broad SMARTS) is 1. The van der Waals surface area contributed by atoms with Gasteiger partial charge >= 0.3 is 11.9 Å². The van der Waals surface area contributed by atoms with E-state index in [1.54, 1.807) is 49.6 Å². The number of cyclic esters (lactones) is 1. The molecule has 5 rings (SSSR count). The summed E-state index contributed by atoms with van der Waals surface area (Å²) < 4.78 is 21.7. The monoisotopic (exact) mass is 466 g/mol. The molecule has 0 spiro atoms. The van der Waals surface area contributed by atoms with Crippen LogP contribution in [0.15, 0.2) is 48.0 Å². The number of hydrogen-bond acceptors (Lipinski definition) is 7. The van der Waals surface area contributed by atoms with Crippen molar-refractivity contribution in [1.29, 1.82) is 0 Å². The van der Waals surface area contributed by atoms with Gasteiger partial charge in [-0.1, -0.05) is 18.9 Å². The minimum Gasteiger partial charge on any atom is -0.497 e. The number of benzene rings is 2. The molecule has 2 aromatic carbocycles. The second-order valence-corrected chi connectivity index (χ2v) is 8.96. The summed E-state index contributed by atoms with van der Waals surface area (Å²) in [5.41, 5.74) is 1.66. The molecule has 34 heavy (non-hydrogen) atoms. The number of fused-ring (bicyclic) bond motifs is 1. The molecule has 0 amide bonds. The van der Waals surface area contributed by atoms with Crippen LogP contribution in [-0.2, 0) is 20.1 Å². The minimum absolute atomic E-state index is 0.00636. The van der Waals surface area contributed by atoms with Gasteiger partial charge < -0.3 is 29.2 Å².